The zero-order valence-corrected chi connectivity index (χ0v) is 11.1. The predicted molar refractivity (Wildman–Crippen MR) is 74.3 cm³/mol. The summed E-state index contributed by atoms with van der Waals surface area (Å²) in [5, 5.41) is 10.6. The Hall–Kier alpha value is -2.69. The van der Waals surface area contributed by atoms with Gasteiger partial charge in [-0.05, 0) is 31.2 Å². The van der Waals surface area contributed by atoms with Crippen molar-refractivity contribution >= 4 is 11.5 Å². The monoisotopic (exact) mass is 271 g/mol. The number of rotatable bonds is 4. The van der Waals surface area contributed by atoms with Crippen LogP contribution in [0.2, 0.25) is 0 Å². The number of nitrogens with zero attached hydrogens (tertiary/aromatic N) is 1. The van der Waals surface area contributed by atoms with Crippen LogP contribution in [0.25, 0.3) is 0 Å². The van der Waals surface area contributed by atoms with Crippen LogP contribution in [0.5, 0.6) is 5.75 Å². The number of nitro groups is 1. The number of ether oxygens (including phenoxy) is 1. The summed E-state index contributed by atoms with van der Waals surface area (Å²) in [7, 11) is 1.50. The van der Waals surface area contributed by atoms with Gasteiger partial charge in [0, 0.05) is 17.7 Å². The van der Waals surface area contributed by atoms with Gasteiger partial charge in [0.2, 0.25) is 0 Å². The van der Waals surface area contributed by atoms with Crippen LogP contribution in [0, 0.1) is 17.0 Å². The molecule has 5 nitrogen and oxygen atoms in total. The molecule has 0 spiro atoms. The van der Waals surface area contributed by atoms with Crippen molar-refractivity contribution < 1.29 is 14.5 Å². The third kappa shape index (κ3) is 2.66. The first-order valence-corrected chi connectivity index (χ1v) is 5.96. The third-order valence-corrected chi connectivity index (χ3v) is 2.94. The Kier molecular flexibility index (Phi) is 3.79. The Labute approximate surface area is 116 Å². The molecule has 0 aliphatic heterocycles. The Bertz CT molecular complexity index is 662. The number of aryl methyl sites for hydroxylation is 1. The van der Waals surface area contributed by atoms with Crippen LogP contribution in [0.1, 0.15) is 21.5 Å². The summed E-state index contributed by atoms with van der Waals surface area (Å²) in [5.74, 6) is 0.263. The average Bonchev–Trinajstić information content (AvgIpc) is 2.46. The summed E-state index contributed by atoms with van der Waals surface area (Å²) in [6.45, 7) is 1.88. The molecule has 0 unspecified atom stereocenters. The number of hydrogen-bond donors (Lipinski definition) is 0. The number of carbonyl (C=O) groups is 1. The number of carbonyl (C=O) groups excluding carboxylic acids is 1. The highest BCUT2D eigenvalue weighted by Gasteiger charge is 2.15. The summed E-state index contributed by atoms with van der Waals surface area (Å²) < 4.78 is 5.18. The standard InChI is InChI=1S/C15H13NO4/c1-10-3-8-14(20-2)13(9-10)15(17)11-4-6-12(7-5-11)16(18)19/h3-9H,1-2H3. The van der Waals surface area contributed by atoms with Gasteiger partial charge in [-0.3, -0.25) is 14.9 Å². The molecule has 0 radical (unpaired) electrons. The molecule has 0 fully saturated rings. The SMILES string of the molecule is COc1ccc(C)cc1C(=O)c1ccc([N+](=O)[O-])cc1. The Balaban J connectivity index is 2.40. The van der Waals surface area contributed by atoms with E-state index < -0.39 is 4.92 Å². The van der Waals surface area contributed by atoms with E-state index in [1.54, 1.807) is 12.1 Å². The highest BCUT2D eigenvalue weighted by molar-refractivity contribution is 6.10. The van der Waals surface area contributed by atoms with Crippen molar-refractivity contribution in [3.05, 3.63) is 69.3 Å². The molecule has 2 rings (SSSR count). The largest absolute Gasteiger partial charge is 0.496 e. The second-order valence-electron chi connectivity index (χ2n) is 4.34. The summed E-state index contributed by atoms with van der Waals surface area (Å²) in [6.07, 6.45) is 0. The van der Waals surface area contributed by atoms with Crippen molar-refractivity contribution in [1.29, 1.82) is 0 Å². The van der Waals surface area contributed by atoms with Crippen LogP contribution in [0.15, 0.2) is 42.5 Å². The van der Waals surface area contributed by atoms with E-state index in [4.69, 9.17) is 4.74 Å². The molecule has 5 heteroatoms. The second kappa shape index (κ2) is 5.52. The minimum Gasteiger partial charge on any atom is -0.496 e. The number of methoxy groups -OCH3 is 1. The molecular weight excluding hydrogens is 258 g/mol. The third-order valence-electron chi connectivity index (χ3n) is 2.94. The maximum absolute atomic E-state index is 12.4. The zero-order chi connectivity index (χ0) is 14.7. The van der Waals surface area contributed by atoms with Gasteiger partial charge in [-0.1, -0.05) is 11.6 Å². The van der Waals surface area contributed by atoms with Gasteiger partial charge in [-0.25, -0.2) is 0 Å². The Morgan fingerprint density at radius 1 is 1.15 bits per heavy atom. The van der Waals surface area contributed by atoms with Crippen molar-refractivity contribution in [1.82, 2.24) is 0 Å². The van der Waals surface area contributed by atoms with Crippen LogP contribution < -0.4 is 4.74 Å². The first kappa shape index (κ1) is 13.7. The van der Waals surface area contributed by atoms with E-state index in [0.717, 1.165) is 5.56 Å². The molecule has 0 saturated heterocycles. The molecule has 0 amide bonds. The quantitative estimate of drug-likeness (QED) is 0.486. The maximum atomic E-state index is 12.4. The van der Waals surface area contributed by atoms with Crippen molar-refractivity contribution in [2.45, 2.75) is 6.92 Å². The minimum atomic E-state index is -0.499. The van der Waals surface area contributed by atoms with Crippen LogP contribution in [-0.4, -0.2) is 17.8 Å². The van der Waals surface area contributed by atoms with E-state index in [2.05, 4.69) is 0 Å². The minimum absolute atomic E-state index is 0.0437. The van der Waals surface area contributed by atoms with Gasteiger partial charge in [-0.15, -0.1) is 0 Å². The lowest BCUT2D eigenvalue weighted by atomic mass is 10.0. The first-order chi connectivity index (χ1) is 9.52. The molecule has 0 aliphatic carbocycles. The van der Waals surface area contributed by atoms with E-state index in [-0.39, 0.29) is 11.5 Å². The molecule has 0 heterocycles. The van der Waals surface area contributed by atoms with Gasteiger partial charge in [0.25, 0.3) is 5.69 Å². The first-order valence-electron chi connectivity index (χ1n) is 5.96. The summed E-state index contributed by atoms with van der Waals surface area (Å²) in [6, 6.07) is 10.8. The Morgan fingerprint density at radius 3 is 2.35 bits per heavy atom. The number of benzene rings is 2. The lowest BCUT2D eigenvalue weighted by Crippen LogP contribution is -2.04. The van der Waals surface area contributed by atoms with E-state index in [1.807, 2.05) is 13.0 Å². The van der Waals surface area contributed by atoms with Gasteiger partial charge < -0.3 is 4.74 Å². The fourth-order valence-corrected chi connectivity index (χ4v) is 1.89. The van der Waals surface area contributed by atoms with Crippen molar-refractivity contribution in [3.8, 4) is 5.75 Å². The molecule has 0 bridgehead atoms. The van der Waals surface area contributed by atoms with Gasteiger partial charge in [0.15, 0.2) is 5.78 Å². The molecule has 0 atom stereocenters. The predicted octanol–water partition coefficient (Wildman–Crippen LogP) is 3.14. The smallest absolute Gasteiger partial charge is 0.269 e. The molecule has 0 N–H and O–H groups in total. The van der Waals surface area contributed by atoms with Crippen molar-refractivity contribution in [3.63, 3.8) is 0 Å². The summed E-state index contributed by atoms with van der Waals surface area (Å²) >= 11 is 0. The molecule has 0 aliphatic rings. The molecule has 0 saturated carbocycles. The highest BCUT2D eigenvalue weighted by atomic mass is 16.6. The summed E-state index contributed by atoms with van der Waals surface area (Å²) in [5.41, 5.74) is 1.73. The lowest BCUT2D eigenvalue weighted by Gasteiger charge is -2.08. The fraction of sp³-hybridized carbons (Fsp3) is 0.133. The van der Waals surface area contributed by atoms with Crippen LogP contribution in [0.3, 0.4) is 0 Å². The van der Waals surface area contributed by atoms with Gasteiger partial charge >= 0.3 is 0 Å². The second-order valence-corrected chi connectivity index (χ2v) is 4.34. The molecule has 2 aromatic carbocycles. The zero-order valence-electron chi connectivity index (χ0n) is 11.1. The van der Waals surface area contributed by atoms with Gasteiger partial charge in [-0.2, -0.15) is 0 Å². The van der Waals surface area contributed by atoms with E-state index in [9.17, 15) is 14.9 Å². The van der Waals surface area contributed by atoms with Crippen LogP contribution in [0.4, 0.5) is 5.69 Å². The molecule has 0 aromatic heterocycles. The maximum Gasteiger partial charge on any atom is 0.269 e. The van der Waals surface area contributed by atoms with Gasteiger partial charge in [0.05, 0.1) is 17.6 Å². The van der Waals surface area contributed by atoms with E-state index in [1.165, 1.54) is 31.4 Å². The number of non-ortho nitro benzene ring substituents is 1. The fourth-order valence-electron chi connectivity index (χ4n) is 1.89. The van der Waals surface area contributed by atoms with Crippen LogP contribution in [-0.2, 0) is 0 Å². The normalized spacial score (nSPS) is 10.1. The summed E-state index contributed by atoms with van der Waals surface area (Å²) in [4.78, 5) is 22.5. The molecule has 102 valence electrons. The molecule has 20 heavy (non-hydrogen) atoms. The van der Waals surface area contributed by atoms with Crippen molar-refractivity contribution in [2.24, 2.45) is 0 Å². The number of ketones is 1. The average molecular weight is 271 g/mol. The molecule has 2 aromatic rings. The van der Waals surface area contributed by atoms with E-state index >= 15 is 0 Å². The lowest BCUT2D eigenvalue weighted by molar-refractivity contribution is -0.384. The van der Waals surface area contributed by atoms with Crippen LogP contribution >= 0.6 is 0 Å². The number of hydrogen-bond acceptors (Lipinski definition) is 4. The number of nitro benzene ring substituents is 1. The van der Waals surface area contributed by atoms with E-state index in [0.29, 0.717) is 16.9 Å². The van der Waals surface area contributed by atoms with Gasteiger partial charge in [0.1, 0.15) is 5.75 Å². The topological polar surface area (TPSA) is 69.4 Å². The van der Waals surface area contributed by atoms with Crippen molar-refractivity contribution in [2.75, 3.05) is 7.11 Å². The Morgan fingerprint density at radius 2 is 1.80 bits per heavy atom. The molecular formula is C15H13NO4. The highest BCUT2D eigenvalue weighted by Crippen LogP contribution is 2.23.